The molecule has 30 heavy (non-hydrogen) atoms. The summed E-state index contributed by atoms with van der Waals surface area (Å²) in [5.41, 5.74) is 2.73. The molecular weight excluding hydrogens is 418 g/mol. The molecule has 0 radical (unpaired) electrons. The summed E-state index contributed by atoms with van der Waals surface area (Å²) in [5.74, 6) is -1.01. The summed E-state index contributed by atoms with van der Waals surface area (Å²) < 4.78 is 5.03. The van der Waals surface area contributed by atoms with E-state index in [9.17, 15) is 24.0 Å². The van der Waals surface area contributed by atoms with Gasteiger partial charge in [-0.1, -0.05) is 6.92 Å². The highest BCUT2D eigenvalue weighted by Gasteiger charge is 2.25. The minimum Gasteiger partial charge on any atom is -0.384 e. The first-order valence-corrected chi connectivity index (χ1v) is 9.34. The van der Waals surface area contributed by atoms with E-state index in [0.29, 0.717) is 6.42 Å². The van der Waals surface area contributed by atoms with Crippen LogP contribution < -0.4 is 28.2 Å². The summed E-state index contributed by atoms with van der Waals surface area (Å²) in [6, 6.07) is 0. The summed E-state index contributed by atoms with van der Waals surface area (Å²) in [6.07, 6.45) is 0.554. The predicted octanol–water partition coefficient (Wildman–Crippen LogP) is -1.18. The molecular formula is C17H20ClN7O5. The van der Waals surface area contributed by atoms with Crippen molar-refractivity contribution < 1.29 is 4.79 Å². The molecule has 0 unspecified atom stereocenters. The van der Waals surface area contributed by atoms with Crippen LogP contribution in [0.2, 0.25) is 5.28 Å². The van der Waals surface area contributed by atoms with Crippen LogP contribution in [0.1, 0.15) is 23.7 Å². The summed E-state index contributed by atoms with van der Waals surface area (Å²) in [6.45, 7) is 1.50. The number of nitrogens with two attached hydrogens (primary N) is 1. The van der Waals surface area contributed by atoms with Crippen molar-refractivity contribution in [2.75, 3.05) is 5.73 Å². The van der Waals surface area contributed by atoms with Crippen LogP contribution in [0.15, 0.2) is 19.2 Å². The fraction of sp³-hybridized carbons (Fsp3) is 0.412. The first-order valence-electron chi connectivity index (χ1n) is 8.97. The van der Waals surface area contributed by atoms with Gasteiger partial charge in [-0.3, -0.25) is 32.7 Å². The van der Waals surface area contributed by atoms with Crippen molar-refractivity contribution in [2.45, 2.75) is 26.4 Å². The van der Waals surface area contributed by atoms with E-state index in [4.69, 9.17) is 17.3 Å². The summed E-state index contributed by atoms with van der Waals surface area (Å²) in [5, 5.41) is -0.214. The third kappa shape index (κ3) is 3.00. The zero-order valence-electron chi connectivity index (χ0n) is 16.8. The van der Waals surface area contributed by atoms with Crippen LogP contribution in [-0.4, -0.2) is 33.6 Å². The second kappa shape index (κ2) is 7.44. The van der Waals surface area contributed by atoms with Crippen LogP contribution in [0, 0.1) is 0 Å². The lowest BCUT2D eigenvalue weighted by Gasteiger charge is -2.14. The maximum Gasteiger partial charge on any atom is 0.332 e. The van der Waals surface area contributed by atoms with Gasteiger partial charge in [-0.05, 0) is 18.0 Å². The van der Waals surface area contributed by atoms with E-state index in [0.717, 1.165) is 22.8 Å². The predicted molar refractivity (Wildman–Crippen MR) is 110 cm³/mol. The molecule has 0 amide bonds. The number of halogens is 1. The molecule has 0 aliphatic rings. The number of nitrogen functional groups attached to an aromatic ring is 1. The van der Waals surface area contributed by atoms with Crippen molar-refractivity contribution in [1.29, 1.82) is 0 Å². The molecule has 0 aliphatic carbocycles. The third-order valence-corrected chi connectivity index (χ3v) is 5.20. The number of carbonyl (C=O) groups excluding carboxylic acids is 1. The van der Waals surface area contributed by atoms with Crippen LogP contribution >= 0.6 is 11.6 Å². The Morgan fingerprint density at radius 2 is 1.57 bits per heavy atom. The molecule has 12 nitrogen and oxygen atoms in total. The van der Waals surface area contributed by atoms with Gasteiger partial charge < -0.3 is 10.3 Å². The van der Waals surface area contributed by atoms with E-state index in [2.05, 4.69) is 4.98 Å². The van der Waals surface area contributed by atoms with Crippen molar-refractivity contribution in [3.05, 3.63) is 52.5 Å². The van der Waals surface area contributed by atoms with Gasteiger partial charge in [0.15, 0.2) is 16.9 Å². The normalized spacial score (nSPS) is 11.4. The Balaban J connectivity index is 2.24. The molecule has 0 bridgehead atoms. The Labute approximate surface area is 173 Å². The number of imidazole rings is 1. The quantitative estimate of drug-likeness (QED) is 0.390. The molecule has 0 saturated carbocycles. The van der Waals surface area contributed by atoms with Crippen LogP contribution in [0.3, 0.4) is 0 Å². The lowest BCUT2D eigenvalue weighted by Crippen LogP contribution is -2.43. The average molecular weight is 438 g/mol. The van der Waals surface area contributed by atoms with Crippen LogP contribution in [0.25, 0.3) is 11.2 Å². The van der Waals surface area contributed by atoms with Crippen LogP contribution in [-0.2, 0) is 34.2 Å². The largest absolute Gasteiger partial charge is 0.384 e. The molecule has 3 rings (SSSR count). The maximum absolute atomic E-state index is 13.0. The first-order chi connectivity index (χ1) is 14.0. The number of Topliss-reactive ketones (excluding diaryl/α,β-unsaturated/α-hetero) is 1. The van der Waals surface area contributed by atoms with Crippen molar-refractivity contribution >= 4 is 34.4 Å². The lowest BCUT2D eigenvalue weighted by molar-refractivity contribution is 0.0971. The number of aryl methyl sites for hydroxylation is 1. The standard InChI is InChI=1S/C17H20ClN7O5/c1-5-6-24-11(19)9(13(27)22(3)17(24)30)8(26)7-25-10-12(20-15(25)18)21(2)16(29)23(4)14(10)28/h5-7,19H2,1-4H3. The van der Waals surface area contributed by atoms with Gasteiger partial charge in [0.2, 0.25) is 5.28 Å². The number of rotatable bonds is 5. The van der Waals surface area contributed by atoms with E-state index < -0.39 is 34.8 Å². The smallest absolute Gasteiger partial charge is 0.332 e. The molecule has 3 aromatic rings. The molecule has 160 valence electrons. The van der Waals surface area contributed by atoms with Gasteiger partial charge in [0.25, 0.3) is 11.1 Å². The Kier molecular flexibility index (Phi) is 5.29. The highest BCUT2D eigenvalue weighted by molar-refractivity contribution is 6.29. The molecule has 3 heterocycles. The number of hydrogen-bond donors (Lipinski definition) is 1. The fourth-order valence-electron chi connectivity index (χ4n) is 3.27. The van der Waals surface area contributed by atoms with Gasteiger partial charge in [-0.25, -0.2) is 9.59 Å². The highest BCUT2D eigenvalue weighted by Crippen LogP contribution is 2.17. The number of nitrogens with zero attached hydrogens (tertiary/aromatic N) is 6. The van der Waals surface area contributed by atoms with E-state index in [-0.39, 0.29) is 34.4 Å². The van der Waals surface area contributed by atoms with Crippen molar-refractivity contribution in [3.8, 4) is 0 Å². The SMILES string of the molecule is CCCn1c(N)c(C(=O)Cn2c(Cl)nc3c2c(=O)n(C)c(=O)n3C)c(=O)n(C)c1=O. The zero-order valence-corrected chi connectivity index (χ0v) is 17.6. The average Bonchev–Trinajstić information content (AvgIpc) is 3.03. The van der Waals surface area contributed by atoms with Gasteiger partial charge in [-0.2, -0.15) is 4.98 Å². The van der Waals surface area contributed by atoms with Gasteiger partial charge >= 0.3 is 11.4 Å². The van der Waals surface area contributed by atoms with Gasteiger partial charge in [0, 0.05) is 27.7 Å². The van der Waals surface area contributed by atoms with Gasteiger partial charge in [0.05, 0.1) is 6.54 Å². The Bertz CT molecular complexity index is 1440. The fourth-order valence-corrected chi connectivity index (χ4v) is 3.50. The van der Waals surface area contributed by atoms with E-state index in [1.807, 2.05) is 6.92 Å². The Morgan fingerprint density at radius 1 is 0.967 bits per heavy atom. The molecule has 0 fully saturated rings. The van der Waals surface area contributed by atoms with Crippen LogP contribution in [0.4, 0.5) is 5.82 Å². The number of hydrogen-bond acceptors (Lipinski definition) is 7. The minimum atomic E-state index is -0.851. The Hall–Kier alpha value is -3.41. The minimum absolute atomic E-state index is 0.00210. The summed E-state index contributed by atoms with van der Waals surface area (Å²) in [7, 11) is 3.94. The molecule has 0 saturated heterocycles. The molecule has 0 aliphatic heterocycles. The topological polar surface area (TPSA) is 149 Å². The molecule has 0 atom stereocenters. The monoisotopic (exact) mass is 437 g/mol. The number of carbonyl (C=O) groups is 1. The van der Waals surface area contributed by atoms with Crippen molar-refractivity contribution in [2.24, 2.45) is 21.1 Å². The van der Waals surface area contributed by atoms with Crippen LogP contribution in [0.5, 0.6) is 0 Å². The number of anilines is 1. The number of aromatic nitrogens is 6. The Morgan fingerprint density at radius 3 is 2.17 bits per heavy atom. The summed E-state index contributed by atoms with van der Waals surface area (Å²) in [4.78, 5) is 66.6. The highest BCUT2D eigenvalue weighted by atomic mass is 35.5. The third-order valence-electron chi connectivity index (χ3n) is 4.91. The second-order valence-corrected chi connectivity index (χ2v) is 7.16. The first kappa shape index (κ1) is 21.3. The molecule has 3 aromatic heterocycles. The second-order valence-electron chi connectivity index (χ2n) is 6.83. The number of ketones is 1. The van der Waals surface area contributed by atoms with Gasteiger partial charge in [-0.15, -0.1) is 0 Å². The number of fused-ring (bicyclic) bond motifs is 1. The van der Waals surface area contributed by atoms with Crippen molar-refractivity contribution in [1.82, 2.24) is 27.8 Å². The van der Waals surface area contributed by atoms with E-state index >= 15 is 0 Å². The van der Waals surface area contributed by atoms with E-state index in [1.165, 1.54) is 21.1 Å². The molecule has 0 spiro atoms. The lowest BCUT2D eigenvalue weighted by atomic mass is 10.2. The molecule has 13 heteroatoms. The zero-order chi connectivity index (χ0) is 22.5. The molecule has 0 aromatic carbocycles. The van der Waals surface area contributed by atoms with E-state index in [1.54, 1.807) is 0 Å². The summed E-state index contributed by atoms with van der Waals surface area (Å²) >= 11 is 6.13. The maximum atomic E-state index is 13.0. The van der Waals surface area contributed by atoms with Crippen molar-refractivity contribution in [3.63, 3.8) is 0 Å². The molecule has 2 N–H and O–H groups in total. The van der Waals surface area contributed by atoms with Gasteiger partial charge in [0.1, 0.15) is 11.4 Å².